The van der Waals surface area contributed by atoms with Crippen molar-refractivity contribution in [2.75, 3.05) is 0 Å². The fraction of sp³-hybridized carbons (Fsp3) is 0.500. The zero-order chi connectivity index (χ0) is 16.0. The number of rotatable bonds is 5. The van der Waals surface area contributed by atoms with E-state index in [2.05, 4.69) is 5.32 Å². The van der Waals surface area contributed by atoms with Crippen LogP contribution in [0.15, 0.2) is 30.3 Å². The highest BCUT2D eigenvalue weighted by atomic mass is 16.5. The Morgan fingerprint density at radius 3 is 2.29 bits per heavy atom. The molecular formula is C16H23NO4. The van der Waals surface area contributed by atoms with Crippen molar-refractivity contribution in [1.29, 1.82) is 0 Å². The molecule has 5 nitrogen and oxygen atoms in total. The quantitative estimate of drug-likeness (QED) is 0.873. The van der Waals surface area contributed by atoms with Gasteiger partial charge in [0.05, 0.1) is 6.10 Å². The van der Waals surface area contributed by atoms with Crippen LogP contribution in [0.4, 0.5) is 4.79 Å². The fourth-order valence-corrected chi connectivity index (χ4v) is 1.76. The van der Waals surface area contributed by atoms with Crippen molar-refractivity contribution in [1.82, 2.24) is 5.32 Å². The zero-order valence-corrected chi connectivity index (χ0v) is 12.9. The van der Waals surface area contributed by atoms with Crippen LogP contribution in [0.25, 0.3) is 0 Å². The van der Waals surface area contributed by atoms with Crippen LogP contribution >= 0.6 is 0 Å². The molecule has 116 valence electrons. The van der Waals surface area contributed by atoms with Gasteiger partial charge in [0.2, 0.25) is 0 Å². The highest BCUT2D eigenvalue weighted by Gasteiger charge is 2.34. The molecule has 2 unspecified atom stereocenters. The molecule has 0 heterocycles. The number of ketones is 1. The number of aliphatic hydroxyl groups is 1. The number of aliphatic hydroxyl groups excluding tert-OH is 1. The average molecular weight is 293 g/mol. The molecule has 1 rings (SSSR count). The third-order valence-electron chi connectivity index (χ3n) is 2.99. The van der Waals surface area contributed by atoms with Gasteiger partial charge in [0.25, 0.3) is 0 Å². The van der Waals surface area contributed by atoms with E-state index in [9.17, 15) is 14.7 Å². The molecule has 2 N–H and O–H groups in total. The Labute approximate surface area is 125 Å². The number of carbonyl (C=O) groups is 2. The van der Waals surface area contributed by atoms with Crippen LogP contribution in [-0.4, -0.2) is 29.1 Å². The summed E-state index contributed by atoms with van der Waals surface area (Å²) >= 11 is 0. The summed E-state index contributed by atoms with van der Waals surface area (Å²) in [7, 11) is 0. The second kappa shape index (κ2) is 7.22. The van der Waals surface area contributed by atoms with Crippen molar-refractivity contribution >= 4 is 11.9 Å². The van der Waals surface area contributed by atoms with Gasteiger partial charge in [0, 0.05) is 5.41 Å². The molecule has 0 saturated carbocycles. The van der Waals surface area contributed by atoms with Crippen LogP contribution in [0, 0.1) is 5.41 Å². The lowest BCUT2D eigenvalue weighted by atomic mass is 9.85. The minimum Gasteiger partial charge on any atom is -0.445 e. The van der Waals surface area contributed by atoms with Crippen LogP contribution in [0.3, 0.4) is 0 Å². The smallest absolute Gasteiger partial charge is 0.408 e. The van der Waals surface area contributed by atoms with Gasteiger partial charge >= 0.3 is 6.09 Å². The van der Waals surface area contributed by atoms with E-state index in [4.69, 9.17) is 4.74 Å². The van der Waals surface area contributed by atoms with E-state index < -0.39 is 23.7 Å². The van der Waals surface area contributed by atoms with Crippen LogP contribution in [0.5, 0.6) is 0 Å². The molecule has 1 aromatic carbocycles. The number of ether oxygens (including phenoxy) is 1. The van der Waals surface area contributed by atoms with Crippen molar-refractivity contribution in [3.63, 3.8) is 0 Å². The van der Waals surface area contributed by atoms with Gasteiger partial charge in [0.15, 0.2) is 5.78 Å². The Morgan fingerprint density at radius 2 is 1.81 bits per heavy atom. The van der Waals surface area contributed by atoms with Crippen molar-refractivity contribution in [2.45, 2.75) is 46.4 Å². The standard InChI is InChI=1S/C16H23NO4/c1-11(18)13(14(19)16(2,3)4)17-15(20)21-10-12-8-6-5-7-9-12/h5-9,11,13,18H,10H2,1-4H3,(H,17,20). The van der Waals surface area contributed by atoms with Gasteiger partial charge in [-0.1, -0.05) is 51.1 Å². The fourth-order valence-electron chi connectivity index (χ4n) is 1.76. The monoisotopic (exact) mass is 293 g/mol. The van der Waals surface area contributed by atoms with E-state index in [1.54, 1.807) is 20.8 Å². The minimum atomic E-state index is -0.985. The van der Waals surface area contributed by atoms with E-state index in [1.807, 2.05) is 30.3 Å². The molecule has 1 aromatic rings. The summed E-state index contributed by atoms with van der Waals surface area (Å²) in [6.45, 7) is 6.79. The lowest BCUT2D eigenvalue weighted by Gasteiger charge is -2.27. The van der Waals surface area contributed by atoms with Crippen molar-refractivity contribution in [3.8, 4) is 0 Å². The third-order valence-corrected chi connectivity index (χ3v) is 2.99. The van der Waals surface area contributed by atoms with E-state index in [0.29, 0.717) is 0 Å². The Kier molecular flexibility index (Phi) is 5.90. The van der Waals surface area contributed by atoms with Gasteiger partial charge < -0.3 is 15.2 Å². The second-order valence-electron chi connectivity index (χ2n) is 6.04. The SMILES string of the molecule is CC(O)C(NC(=O)OCc1ccccc1)C(=O)C(C)(C)C. The van der Waals surface area contributed by atoms with E-state index in [-0.39, 0.29) is 12.4 Å². The summed E-state index contributed by atoms with van der Waals surface area (Å²) in [6, 6.07) is 8.25. The molecule has 21 heavy (non-hydrogen) atoms. The van der Waals surface area contributed by atoms with E-state index in [1.165, 1.54) is 6.92 Å². The first-order chi connectivity index (χ1) is 9.71. The molecule has 0 aromatic heterocycles. The number of alkyl carbamates (subject to hydrolysis) is 1. The summed E-state index contributed by atoms with van der Waals surface area (Å²) in [4.78, 5) is 24.0. The molecule has 0 fully saturated rings. The normalized spacial score (nSPS) is 14.1. The number of Topliss-reactive ketones (excluding diaryl/α,β-unsaturated/α-hetero) is 1. The number of amides is 1. The van der Waals surface area contributed by atoms with Crippen LogP contribution in [0.1, 0.15) is 33.3 Å². The number of nitrogens with one attached hydrogen (secondary N) is 1. The third kappa shape index (κ3) is 5.55. The molecule has 0 radical (unpaired) electrons. The number of carbonyl (C=O) groups excluding carboxylic acids is 2. The molecule has 0 aliphatic rings. The maximum absolute atomic E-state index is 12.2. The molecule has 2 atom stereocenters. The molecule has 0 spiro atoms. The molecule has 1 amide bonds. The summed E-state index contributed by atoms with van der Waals surface area (Å²) < 4.78 is 5.06. The Balaban J connectivity index is 2.59. The lowest BCUT2D eigenvalue weighted by molar-refractivity contribution is -0.130. The topological polar surface area (TPSA) is 75.6 Å². The highest BCUT2D eigenvalue weighted by molar-refractivity contribution is 5.91. The van der Waals surface area contributed by atoms with E-state index >= 15 is 0 Å². The molecule has 0 aliphatic carbocycles. The molecular weight excluding hydrogens is 270 g/mol. The van der Waals surface area contributed by atoms with Crippen molar-refractivity contribution in [3.05, 3.63) is 35.9 Å². The average Bonchev–Trinajstić information content (AvgIpc) is 2.41. The summed E-state index contributed by atoms with van der Waals surface area (Å²) in [5, 5.41) is 12.1. The zero-order valence-electron chi connectivity index (χ0n) is 12.9. The maximum Gasteiger partial charge on any atom is 0.408 e. The van der Waals surface area contributed by atoms with E-state index in [0.717, 1.165) is 5.56 Å². The Hall–Kier alpha value is -1.88. The summed E-state index contributed by atoms with van der Waals surface area (Å²) in [5.41, 5.74) is 0.192. The Bertz CT molecular complexity index is 477. The van der Waals surface area contributed by atoms with Crippen LogP contribution in [0.2, 0.25) is 0 Å². The van der Waals surface area contributed by atoms with Gasteiger partial charge in [0.1, 0.15) is 12.6 Å². The first-order valence-corrected chi connectivity index (χ1v) is 6.91. The molecule has 5 heteroatoms. The first-order valence-electron chi connectivity index (χ1n) is 6.91. The molecule has 0 bridgehead atoms. The second-order valence-corrected chi connectivity index (χ2v) is 6.04. The summed E-state index contributed by atoms with van der Waals surface area (Å²) in [6.07, 6.45) is -1.71. The largest absolute Gasteiger partial charge is 0.445 e. The predicted molar refractivity (Wildman–Crippen MR) is 79.7 cm³/mol. The number of hydrogen-bond acceptors (Lipinski definition) is 4. The number of benzene rings is 1. The van der Waals surface area contributed by atoms with Crippen molar-refractivity contribution in [2.24, 2.45) is 5.41 Å². The van der Waals surface area contributed by atoms with Gasteiger partial charge in [-0.2, -0.15) is 0 Å². The van der Waals surface area contributed by atoms with Gasteiger partial charge in [-0.3, -0.25) is 4.79 Å². The molecule has 0 aliphatic heterocycles. The minimum absolute atomic E-state index is 0.114. The molecule has 0 saturated heterocycles. The van der Waals surface area contributed by atoms with Gasteiger partial charge in [-0.25, -0.2) is 4.79 Å². The van der Waals surface area contributed by atoms with Gasteiger partial charge in [-0.05, 0) is 12.5 Å². The van der Waals surface area contributed by atoms with Crippen LogP contribution < -0.4 is 5.32 Å². The first kappa shape index (κ1) is 17.2. The number of hydrogen-bond donors (Lipinski definition) is 2. The highest BCUT2D eigenvalue weighted by Crippen LogP contribution is 2.18. The Morgan fingerprint density at radius 1 is 1.24 bits per heavy atom. The summed E-state index contributed by atoms with van der Waals surface area (Å²) in [5.74, 6) is -0.242. The van der Waals surface area contributed by atoms with Crippen molar-refractivity contribution < 1.29 is 19.4 Å². The lowest BCUT2D eigenvalue weighted by Crippen LogP contribution is -2.51. The predicted octanol–water partition coefficient (Wildman–Crippen LogP) is 2.28. The van der Waals surface area contributed by atoms with Gasteiger partial charge in [-0.15, -0.1) is 0 Å². The maximum atomic E-state index is 12.2. The van der Waals surface area contributed by atoms with Crippen LogP contribution in [-0.2, 0) is 16.1 Å².